The fraction of sp³-hybridized carbons (Fsp3) is 0.591. The van der Waals surface area contributed by atoms with E-state index in [4.69, 9.17) is 10.00 Å². The molecular formula is C22H26N2O3. The van der Waals surface area contributed by atoms with Crippen molar-refractivity contribution >= 4 is 17.6 Å². The van der Waals surface area contributed by atoms with E-state index in [0.717, 1.165) is 37.0 Å². The molecule has 0 heterocycles. The fourth-order valence-electron chi connectivity index (χ4n) is 6.02. The van der Waals surface area contributed by atoms with E-state index in [1.54, 1.807) is 31.2 Å². The second-order valence-corrected chi connectivity index (χ2v) is 8.91. The van der Waals surface area contributed by atoms with E-state index in [1.165, 1.54) is 19.3 Å². The molecule has 0 radical (unpaired) electrons. The number of nitriles is 1. The van der Waals surface area contributed by atoms with Crippen molar-refractivity contribution in [3.63, 3.8) is 0 Å². The van der Waals surface area contributed by atoms with Crippen LogP contribution in [0.25, 0.3) is 0 Å². The molecular weight excluding hydrogens is 340 g/mol. The highest BCUT2D eigenvalue weighted by Gasteiger charge is 2.51. The topological polar surface area (TPSA) is 79.2 Å². The van der Waals surface area contributed by atoms with Gasteiger partial charge in [0.2, 0.25) is 0 Å². The Kier molecular flexibility index (Phi) is 4.67. The Hall–Kier alpha value is -2.35. The maximum Gasteiger partial charge on any atom is 0.307 e. The standard InChI is InChI=1S/C22H26N2O3/c1-14(21(26)24-19-4-2-3-15(8-19)13-23)27-20(25)12-22-9-16-5-17(10-22)7-18(6-16)11-22/h2-4,8,14,16-18H,5-7,9-12H2,1H3,(H,24,26). The number of carbonyl (C=O) groups excluding carboxylic acids is 2. The highest BCUT2D eigenvalue weighted by atomic mass is 16.5. The first-order valence-corrected chi connectivity index (χ1v) is 9.95. The Morgan fingerprint density at radius 3 is 2.44 bits per heavy atom. The van der Waals surface area contributed by atoms with Gasteiger partial charge in [-0.15, -0.1) is 0 Å². The van der Waals surface area contributed by atoms with Crippen LogP contribution in [-0.2, 0) is 14.3 Å². The van der Waals surface area contributed by atoms with Gasteiger partial charge in [-0.3, -0.25) is 9.59 Å². The Labute approximate surface area is 160 Å². The molecule has 4 fully saturated rings. The summed E-state index contributed by atoms with van der Waals surface area (Å²) in [5.74, 6) is 1.74. The van der Waals surface area contributed by atoms with E-state index in [9.17, 15) is 9.59 Å². The number of amides is 1. The smallest absolute Gasteiger partial charge is 0.307 e. The van der Waals surface area contributed by atoms with Gasteiger partial charge < -0.3 is 10.1 Å². The highest BCUT2D eigenvalue weighted by molar-refractivity contribution is 5.95. The summed E-state index contributed by atoms with van der Waals surface area (Å²) in [6.07, 6.45) is 7.06. The van der Waals surface area contributed by atoms with Crippen molar-refractivity contribution in [1.82, 2.24) is 0 Å². The summed E-state index contributed by atoms with van der Waals surface area (Å²) < 4.78 is 5.46. The van der Waals surface area contributed by atoms with E-state index >= 15 is 0 Å². The zero-order valence-corrected chi connectivity index (χ0v) is 15.7. The van der Waals surface area contributed by atoms with E-state index in [1.807, 2.05) is 6.07 Å². The molecule has 5 heteroatoms. The number of rotatable bonds is 5. The lowest BCUT2D eigenvalue weighted by Gasteiger charge is -2.56. The lowest BCUT2D eigenvalue weighted by molar-refractivity contribution is -0.160. The number of nitrogens with zero attached hydrogens (tertiary/aromatic N) is 1. The van der Waals surface area contributed by atoms with E-state index in [0.29, 0.717) is 17.7 Å². The maximum absolute atomic E-state index is 12.6. The van der Waals surface area contributed by atoms with Crippen molar-refractivity contribution in [2.24, 2.45) is 23.2 Å². The van der Waals surface area contributed by atoms with Gasteiger partial charge in [-0.05, 0) is 86.8 Å². The molecule has 1 aromatic carbocycles. The number of nitrogens with one attached hydrogen (secondary N) is 1. The Balaban J connectivity index is 1.32. The molecule has 5 nitrogen and oxygen atoms in total. The molecule has 1 N–H and O–H groups in total. The van der Waals surface area contributed by atoms with Gasteiger partial charge in [0.1, 0.15) is 0 Å². The average molecular weight is 366 g/mol. The van der Waals surface area contributed by atoms with Gasteiger partial charge in [-0.2, -0.15) is 5.26 Å². The summed E-state index contributed by atoms with van der Waals surface area (Å²) in [6, 6.07) is 8.73. The number of hydrogen-bond donors (Lipinski definition) is 1. The molecule has 1 aromatic rings. The van der Waals surface area contributed by atoms with Crippen molar-refractivity contribution in [2.75, 3.05) is 5.32 Å². The average Bonchev–Trinajstić information content (AvgIpc) is 2.60. The van der Waals surface area contributed by atoms with Gasteiger partial charge >= 0.3 is 5.97 Å². The van der Waals surface area contributed by atoms with Crippen molar-refractivity contribution in [2.45, 2.75) is 58.0 Å². The molecule has 5 rings (SSSR count). The normalized spacial score (nSPS) is 31.8. The summed E-state index contributed by atoms with van der Waals surface area (Å²) in [7, 11) is 0. The molecule has 142 valence electrons. The van der Waals surface area contributed by atoms with Crippen LogP contribution in [0.2, 0.25) is 0 Å². The molecule has 4 saturated carbocycles. The van der Waals surface area contributed by atoms with Crippen LogP contribution in [0.1, 0.15) is 57.4 Å². The Morgan fingerprint density at radius 2 is 1.85 bits per heavy atom. The third-order valence-corrected chi connectivity index (χ3v) is 6.62. The number of ether oxygens (including phenoxy) is 1. The third kappa shape index (κ3) is 3.85. The molecule has 0 saturated heterocycles. The van der Waals surface area contributed by atoms with Crippen LogP contribution in [0.15, 0.2) is 24.3 Å². The molecule has 0 aliphatic heterocycles. The van der Waals surface area contributed by atoms with Crippen LogP contribution < -0.4 is 5.32 Å². The van der Waals surface area contributed by atoms with Gasteiger partial charge in [0.25, 0.3) is 5.91 Å². The molecule has 4 aliphatic carbocycles. The van der Waals surface area contributed by atoms with Gasteiger partial charge in [0.05, 0.1) is 18.1 Å². The lowest BCUT2D eigenvalue weighted by Crippen LogP contribution is -2.47. The van der Waals surface area contributed by atoms with Crippen molar-refractivity contribution < 1.29 is 14.3 Å². The number of benzene rings is 1. The quantitative estimate of drug-likeness (QED) is 0.798. The highest BCUT2D eigenvalue weighted by Crippen LogP contribution is 2.61. The molecule has 1 unspecified atom stereocenters. The summed E-state index contributed by atoms with van der Waals surface area (Å²) in [5.41, 5.74) is 1.12. The zero-order valence-electron chi connectivity index (χ0n) is 15.7. The van der Waals surface area contributed by atoms with Crippen LogP contribution in [0.5, 0.6) is 0 Å². The van der Waals surface area contributed by atoms with Crippen LogP contribution in [0.3, 0.4) is 0 Å². The number of anilines is 1. The van der Waals surface area contributed by atoms with Crippen molar-refractivity contribution in [3.05, 3.63) is 29.8 Å². The predicted molar refractivity (Wildman–Crippen MR) is 101 cm³/mol. The van der Waals surface area contributed by atoms with E-state index < -0.39 is 6.10 Å². The molecule has 0 spiro atoms. The molecule has 1 amide bonds. The molecule has 27 heavy (non-hydrogen) atoms. The first-order valence-electron chi connectivity index (χ1n) is 9.95. The second-order valence-electron chi connectivity index (χ2n) is 8.91. The third-order valence-electron chi connectivity index (χ3n) is 6.62. The minimum absolute atomic E-state index is 0.114. The number of carbonyl (C=O) groups is 2. The van der Waals surface area contributed by atoms with Crippen LogP contribution in [0, 0.1) is 34.5 Å². The molecule has 4 aliphatic rings. The molecule has 4 bridgehead atoms. The fourth-order valence-corrected chi connectivity index (χ4v) is 6.02. The van der Waals surface area contributed by atoms with Crippen LogP contribution >= 0.6 is 0 Å². The zero-order chi connectivity index (χ0) is 19.0. The second kappa shape index (κ2) is 6.99. The monoisotopic (exact) mass is 366 g/mol. The van der Waals surface area contributed by atoms with Gasteiger partial charge in [0, 0.05) is 5.69 Å². The summed E-state index contributed by atoms with van der Waals surface area (Å²) >= 11 is 0. The lowest BCUT2D eigenvalue weighted by atomic mass is 9.49. The minimum Gasteiger partial charge on any atom is -0.453 e. The summed E-state index contributed by atoms with van der Waals surface area (Å²) in [4.78, 5) is 24.9. The Bertz CT molecular complexity index is 760. The van der Waals surface area contributed by atoms with Crippen LogP contribution in [-0.4, -0.2) is 18.0 Å². The van der Waals surface area contributed by atoms with Crippen molar-refractivity contribution in [3.8, 4) is 6.07 Å². The van der Waals surface area contributed by atoms with E-state index in [-0.39, 0.29) is 17.3 Å². The van der Waals surface area contributed by atoms with Gasteiger partial charge in [-0.25, -0.2) is 0 Å². The maximum atomic E-state index is 12.6. The summed E-state index contributed by atoms with van der Waals surface area (Å²) in [5, 5.41) is 11.7. The Morgan fingerprint density at radius 1 is 1.22 bits per heavy atom. The van der Waals surface area contributed by atoms with E-state index in [2.05, 4.69) is 5.32 Å². The van der Waals surface area contributed by atoms with Gasteiger partial charge in [0.15, 0.2) is 6.10 Å². The largest absolute Gasteiger partial charge is 0.453 e. The first kappa shape index (κ1) is 18.0. The molecule has 0 aromatic heterocycles. The predicted octanol–water partition coefficient (Wildman–Crippen LogP) is 4.03. The molecule has 1 atom stereocenters. The minimum atomic E-state index is -0.850. The van der Waals surface area contributed by atoms with Crippen molar-refractivity contribution in [1.29, 1.82) is 5.26 Å². The summed E-state index contributed by atoms with van der Waals surface area (Å²) in [6.45, 7) is 1.60. The number of esters is 1. The SMILES string of the molecule is CC(OC(=O)CC12CC3CC(CC(C3)C1)C2)C(=O)Nc1cccc(C#N)c1. The number of hydrogen-bond acceptors (Lipinski definition) is 4. The first-order chi connectivity index (χ1) is 12.9. The van der Waals surface area contributed by atoms with Gasteiger partial charge in [-0.1, -0.05) is 6.07 Å². The van der Waals surface area contributed by atoms with Crippen LogP contribution in [0.4, 0.5) is 5.69 Å².